The number of nitrogens with zero attached hydrogens (tertiary/aromatic N) is 3. The Morgan fingerprint density at radius 1 is 1.07 bits per heavy atom. The molecule has 27 heavy (non-hydrogen) atoms. The topological polar surface area (TPSA) is 52.6 Å². The second-order valence-corrected chi connectivity index (χ2v) is 7.28. The number of hydrogen-bond acceptors (Lipinski definition) is 4. The Morgan fingerprint density at radius 3 is 2.33 bits per heavy atom. The molecule has 2 N–H and O–H groups in total. The number of aryl methyl sites for hydroxylation is 1. The van der Waals surface area contributed by atoms with E-state index in [4.69, 9.17) is 0 Å². The lowest BCUT2D eigenvalue weighted by Gasteiger charge is -2.20. The summed E-state index contributed by atoms with van der Waals surface area (Å²) < 4.78 is 0. The van der Waals surface area contributed by atoms with Crippen LogP contribution >= 0.6 is 35.3 Å². The van der Waals surface area contributed by atoms with Gasteiger partial charge in [-0.1, -0.05) is 45.0 Å². The van der Waals surface area contributed by atoms with E-state index in [2.05, 4.69) is 70.5 Å². The van der Waals surface area contributed by atoms with Crippen LogP contribution in [-0.2, 0) is 26.1 Å². The van der Waals surface area contributed by atoms with Crippen molar-refractivity contribution in [3.05, 3.63) is 51.5 Å². The molecule has 5 nitrogen and oxygen atoms in total. The summed E-state index contributed by atoms with van der Waals surface area (Å²) in [4.78, 5) is 12.5. The van der Waals surface area contributed by atoms with Gasteiger partial charge in [-0.25, -0.2) is 4.98 Å². The van der Waals surface area contributed by atoms with Gasteiger partial charge >= 0.3 is 0 Å². The molecule has 2 rings (SSSR count). The first-order chi connectivity index (χ1) is 12.7. The lowest BCUT2D eigenvalue weighted by Crippen LogP contribution is -2.36. The van der Waals surface area contributed by atoms with Gasteiger partial charge in [-0.3, -0.25) is 9.89 Å². The molecule has 0 saturated carbocycles. The third-order valence-electron chi connectivity index (χ3n) is 4.43. The minimum atomic E-state index is 0. The van der Waals surface area contributed by atoms with Crippen LogP contribution in [0, 0.1) is 0 Å². The van der Waals surface area contributed by atoms with Crippen LogP contribution in [0.4, 0.5) is 0 Å². The zero-order valence-corrected chi connectivity index (χ0v) is 19.9. The maximum absolute atomic E-state index is 4.44. The van der Waals surface area contributed by atoms with E-state index in [1.807, 2.05) is 6.20 Å². The van der Waals surface area contributed by atoms with Gasteiger partial charge in [0.1, 0.15) is 5.01 Å². The molecular weight excluding hydrogens is 469 g/mol. The molecule has 0 atom stereocenters. The Morgan fingerprint density at radius 2 is 1.74 bits per heavy atom. The molecule has 7 heteroatoms. The predicted octanol–water partition coefficient (Wildman–Crippen LogP) is 4.03. The van der Waals surface area contributed by atoms with Crippen molar-refractivity contribution in [1.82, 2.24) is 20.5 Å². The van der Waals surface area contributed by atoms with Crippen molar-refractivity contribution >= 4 is 41.3 Å². The summed E-state index contributed by atoms with van der Waals surface area (Å²) in [5, 5.41) is 7.87. The second-order valence-electron chi connectivity index (χ2n) is 6.08. The first-order valence-electron chi connectivity index (χ1n) is 9.37. The fourth-order valence-electron chi connectivity index (χ4n) is 2.72. The van der Waals surface area contributed by atoms with Crippen LogP contribution in [0.1, 0.15) is 41.8 Å². The largest absolute Gasteiger partial charge is 0.352 e. The lowest BCUT2D eigenvalue weighted by atomic mass is 10.1. The molecule has 1 heterocycles. The van der Waals surface area contributed by atoms with Crippen LogP contribution in [0.5, 0.6) is 0 Å². The summed E-state index contributed by atoms with van der Waals surface area (Å²) in [7, 11) is 1.80. The van der Waals surface area contributed by atoms with E-state index in [-0.39, 0.29) is 24.0 Å². The van der Waals surface area contributed by atoms with E-state index in [9.17, 15) is 0 Å². The molecule has 150 valence electrons. The summed E-state index contributed by atoms with van der Waals surface area (Å²) in [6.45, 7) is 11.1. The quantitative estimate of drug-likeness (QED) is 0.310. The van der Waals surface area contributed by atoms with Gasteiger partial charge in [0.15, 0.2) is 5.96 Å². The van der Waals surface area contributed by atoms with Crippen LogP contribution in [-0.4, -0.2) is 36.0 Å². The average Bonchev–Trinajstić information content (AvgIpc) is 3.15. The zero-order chi connectivity index (χ0) is 18.8. The highest BCUT2D eigenvalue weighted by molar-refractivity contribution is 14.0. The van der Waals surface area contributed by atoms with Gasteiger partial charge in [0.05, 0.1) is 6.54 Å². The van der Waals surface area contributed by atoms with Crippen molar-refractivity contribution in [1.29, 1.82) is 0 Å². The van der Waals surface area contributed by atoms with Gasteiger partial charge in [-0.2, -0.15) is 0 Å². The Labute approximate surface area is 184 Å². The lowest BCUT2D eigenvalue weighted by molar-refractivity contribution is 0.295. The Kier molecular flexibility index (Phi) is 11.5. The van der Waals surface area contributed by atoms with E-state index in [1.165, 1.54) is 16.0 Å². The first kappa shape index (κ1) is 23.8. The highest BCUT2D eigenvalue weighted by atomic mass is 127. The van der Waals surface area contributed by atoms with Crippen molar-refractivity contribution in [3.8, 4) is 0 Å². The van der Waals surface area contributed by atoms with Gasteiger partial charge in [-0.15, -0.1) is 35.3 Å². The molecular formula is C20H32IN5S. The average molecular weight is 501 g/mol. The van der Waals surface area contributed by atoms with Gasteiger partial charge in [0.25, 0.3) is 0 Å². The summed E-state index contributed by atoms with van der Waals surface area (Å²) >= 11 is 1.75. The molecule has 0 unspecified atom stereocenters. The molecule has 1 aromatic carbocycles. The summed E-state index contributed by atoms with van der Waals surface area (Å²) in [6, 6.07) is 8.62. The number of guanidine groups is 1. The van der Waals surface area contributed by atoms with E-state index >= 15 is 0 Å². The SMILES string of the molecule is CCc1cnc(CNC(=NC)NCc2ccccc2CN(CC)CC)s1.I. The van der Waals surface area contributed by atoms with Crippen molar-refractivity contribution < 1.29 is 0 Å². The summed E-state index contributed by atoms with van der Waals surface area (Å²) in [5.74, 6) is 0.802. The van der Waals surface area contributed by atoms with Crippen molar-refractivity contribution in [2.45, 2.75) is 46.8 Å². The maximum Gasteiger partial charge on any atom is 0.191 e. The molecule has 0 amide bonds. The third-order valence-corrected chi connectivity index (χ3v) is 5.58. The van der Waals surface area contributed by atoms with E-state index in [1.54, 1.807) is 18.4 Å². The van der Waals surface area contributed by atoms with Crippen LogP contribution in [0.25, 0.3) is 0 Å². The molecule has 0 saturated heterocycles. The molecule has 0 aliphatic heterocycles. The monoisotopic (exact) mass is 501 g/mol. The molecule has 0 bridgehead atoms. The number of thiazole rings is 1. The maximum atomic E-state index is 4.44. The molecule has 0 aliphatic carbocycles. The molecule has 2 aromatic rings. The molecule has 0 radical (unpaired) electrons. The summed E-state index contributed by atoms with van der Waals surface area (Å²) in [6.07, 6.45) is 3.00. The standard InChI is InChI=1S/C20H31N5S.HI/c1-5-18-13-22-19(26-18)14-24-20(21-4)23-12-16-10-8-9-11-17(16)15-25(6-2)7-3;/h8-11,13H,5-7,12,14-15H2,1-4H3,(H2,21,23,24);1H. The number of halogens is 1. The van der Waals surface area contributed by atoms with E-state index < -0.39 is 0 Å². The number of benzene rings is 1. The number of aromatic nitrogens is 1. The fourth-order valence-corrected chi connectivity index (χ4v) is 3.53. The van der Waals surface area contributed by atoms with Crippen LogP contribution in [0.3, 0.4) is 0 Å². The van der Waals surface area contributed by atoms with Crippen molar-refractivity contribution in [2.75, 3.05) is 20.1 Å². The smallest absolute Gasteiger partial charge is 0.191 e. The van der Waals surface area contributed by atoms with E-state index in [0.717, 1.165) is 43.6 Å². The number of rotatable bonds is 9. The van der Waals surface area contributed by atoms with Crippen LogP contribution in [0.2, 0.25) is 0 Å². The minimum absolute atomic E-state index is 0. The number of nitrogens with one attached hydrogen (secondary N) is 2. The molecule has 0 fully saturated rings. The molecule has 1 aromatic heterocycles. The van der Waals surface area contributed by atoms with Gasteiger partial charge < -0.3 is 10.6 Å². The van der Waals surface area contributed by atoms with Crippen molar-refractivity contribution in [3.63, 3.8) is 0 Å². The van der Waals surface area contributed by atoms with Crippen LogP contribution in [0.15, 0.2) is 35.5 Å². The normalized spacial score (nSPS) is 11.4. The predicted molar refractivity (Wildman–Crippen MR) is 127 cm³/mol. The van der Waals surface area contributed by atoms with Crippen LogP contribution < -0.4 is 10.6 Å². The van der Waals surface area contributed by atoms with Gasteiger partial charge in [0.2, 0.25) is 0 Å². The zero-order valence-electron chi connectivity index (χ0n) is 16.8. The molecule has 0 aliphatic rings. The second kappa shape index (κ2) is 13.1. The minimum Gasteiger partial charge on any atom is -0.352 e. The Balaban J connectivity index is 0.00000364. The number of aliphatic imine (C=N–C) groups is 1. The van der Waals surface area contributed by atoms with Gasteiger partial charge in [-0.05, 0) is 30.6 Å². The highest BCUT2D eigenvalue weighted by Gasteiger charge is 2.07. The first-order valence-corrected chi connectivity index (χ1v) is 10.2. The van der Waals surface area contributed by atoms with Gasteiger partial charge in [0, 0.05) is 31.2 Å². The number of hydrogen-bond donors (Lipinski definition) is 2. The van der Waals surface area contributed by atoms with E-state index in [0.29, 0.717) is 6.54 Å². The van der Waals surface area contributed by atoms with Crippen molar-refractivity contribution in [2.24, 2.45) is 4.99 Å². The Hall–Kier alpha value is -1.19. The molecule has 0 spiro atoms. The third kappa shape index (κ3) is 7.75. The Bertz CT molecular complexity index is 697. The highest BCUT2D eigenvalue weighted by Crippen LogP contribution is 2.13. The summed E-state index contributed by atoms with van der Waals surface area (Å²) in [5.41, 5.74) is 2.68. The fraction of sp³-hybridized carbons (Fsp3) is 0.500.